The summed E-state index contributed by atoms with van der Waals surface area (Å²) in [5, 5.41) is 4.97. The second-order valence-corrected chi connectivity index (χ2v) is 4.12. The second kappa shape index (κ2) is 8.80. The molecule has 2 N–H and O–H groups in total. The minimum atomic E-state index is -0.694. The molecule has 0 heterocycles. The minimum Gasteiger partial charge on any atom is -0.493 e. The average molecular weight is 296 g/mol. The zero-order valence-corrected chi connectivity index (χ0v) is 12.4. The van der Waals surface area contributed by atoms with Gasteiger partial charge in [0.25, 0.3) is 0 Å². The van der Waals surface area contributed by atoms with E-state index in [0.717, 1.165) is 5.56 Å². The molecule has 0 spiro atoms. The van der Waals surface area contributed by atoms with Crippen molar-refractivity contribution >= 4 is 11.8 Å². The van der Waals surface area contributed by atoms with Gasteiger partial charge in [-0.2, -0.15) is 0 Å². The molecule has 0 aliphatic carbocycles. The smallest absolute Gasteiger partial charge is 0.309 e. The van der Waals surface area contributed by atoms with Crippen LogP contribution in [0.5, 0.6) is 11.5 Å². The number of ether oxygens (including phenoxy) is 3. The summed E-state index contributed by atoms with van der Waals surface area (Å²) < 4.78 is 15.1. The van der Waals surface area contributed by atoms with Gasteiger partial charge in [-0.1, -0.05) is 6.07 Å². The molecule has 1 aromatic rings. The highest BCUT2D eigenvalue weighted by molar-refractivity contribution is 6.35. The molecule has 0 unspecified atom stereocenters. The molecule has 21 heavy (non-hydrogen) atoms. The van der Waals surface area contributed by atoms with Gasteiger partial charge in [-0.25, -0.2) is 0 Å². The lowest BCUT2D eigenvalue weighted by Gasteiger charge is -2.10. The first-order valence-corrected chi connectivity index (χ1v) is 6.38. The van der Waals surface area contributed by atoms with E-state index in [2.05, 4.69) is 10.6 Å². The molecule has 0 bridgehead atoms. The number of benzene rings is 1. The van der Waals surface area contributed by atoms with E-state index in [0.29, 0.717) is 24.7 Å². The molecule has 1 aromatic carbocycles. The van der Waals surface area contributed by atoms with Crippen molar-refractivity contribution < 1.29 is 23.8 Å². The zero-order chi connectivity index (χ0) is 15.7. The van der Waals surface area contributed by atoms with Crippen LogP contribution in [0, 0.1) is 0 Å². The van der Waals surface area contributed by atoms with Crippen LogP contribution in [-0.2, 0) is 20.9 Å². The molecule has 0 radical (unpaired) electrons. The van der Waals surface area contributed by atoms with Crippen LogP contribution in [0.3, 0.4) is 0 Å². The Kier molecular flexibility index (Phi) is 7.03. The molecule has 116 valence electrons. The summed E-state index contributed by atoms with van der Waals surface area (Å²) >= 11 is 0. The Hall–Kier alpha value is -2.28. The number of nitrogens with one attached hydrogen (secondary N) is 2. The van der Waals surface area contributed by atoms with Gasteiger partial charge in [0.1, 0.15) is 0 Å². The van der Waals surface area contributed by atoms with Crippen molar-refractivity contribution in [3.8, 4) is 11.5 Å². The first kappa shape index (κ1) is 16.8. The maximum atomic E-state index is 11.6. The molecule has 0 saturated carbocycles. The van der Waals surface area contributed by atoms with Crippen LogP contribution in [0.15, 0.2) is 18.2 Å². The normalized spacial score (nSPS) is 9.86. The first-order chi connectivity index (χ1) is 10.1. The van der Waals surface area contributed by atoms with E-state index in [1.54, 1.807) is 25.3 Å². The Bertz CT molecular complexity index is 490. The summed E-state index contributed by atoms with van der Waals surface area (Å²) in [5.74, 6) is -0.216. The van der Waals surface area contributed by atoms with Crippen LogP contribution in [0.2, 0.25) is 0 Å². The van der Waals surface area contributed by atoms with Crippen molar-refractivity contribution in [1.29, 1.82) is 0 Å². The van der Waals surface area contributed by atoms with Gasteiger partial charge in [0, 0.05) is 20.2 Å². The Labute approximate surface area is 123 Å². The van der Waals surface area contributed by atoms with E-state index in [-0.39, 0.29) is 6.54 Å². The fourth-order valence-corrected chi connectivity index (χ4v) is 1.60. The maximum Gasteiger partial charge on any atom is 0.309 e. The van der Waals surface area contributed by atoms with Crippen molar-refractivity contribution in [1.82, 2.24) is 10.6 Å². The van der Waals surface area contributed by atoms with E-state index in [9.17, 15) is 9.59 Å². The molecule has 0 aliphatic heterocycles. The summed E-state index contributed by atoms with van der Waals surface area (Å²) in [6.07, 6.45) is 0. The standard InChI is InChI=1S/C14H20N2O5/c1-19-7-6-15-13(17)14(18)16-9-10-4-5-11(20-2)12(8-10)21-3/h4-5,8H,6-7,9H2,1-3H3,(H,15,17)(H,16,18). The van der Waals surface area contributed by atoms with Gasteiger partial charge in [0.05, 0.1) is 20.8 Å². The quantitative estimate of drug-likeness (QED) is 0.550. The lowest BCUT2D eigenvalue weighted by atomic mass is 10.2. The largest absolute Gasteiger partial charge is 0.493 e. The van der Waals surface area contributed by atoms with Crippen LogP contribution < -0.4 is 20.1 Å². The number of rotatable bonds is 7. The molecule has 0 aromatic heterocycles. The molecule has 1 rings (SSSR count). The Morgan fingerprint density at radius 3 is 2.29 bits per heavy atom. The van der Waals surface area contributed by atoms with Crippen molar-refractivity contribution in [2.24, 2.45) is 0 Å². The fraction of sp³-hybridized carbons (Fsp3) is 0.429. The van der Waals surface area contributed by atoms with Gasteiger partial charge in [-0.15, -0.1) is 0 Å². The van der Waals surface area contributed by atoms with Crippen LogP contribution in [0.1, 0.15) is 5.56 Å². The van der Waals surface area contributed by atoms with Crippen molar-refractivity contribution in [2.45, 2.75) is 6.54 Å². The third-order valence-electron chi connectivity index (χ3n) is 2.70. The monoisotopic (exact) mass is 296 g/mol. The summed E-state index contributed by atoms with van der Waals surface area (Å²) in [4.78, 5) is 23.0. The van der Waals surface area contributed by atoms with Crippen LogP contribution in [0.25, 0.3) is 0 Å². The number of carbonyl (C=O) groups excluding carboxylic acids is 2. The number of hydrogen-bond acceptors (Lipinski definition) is 5. The highest BCUT2D eigenvalue weighted by Crippen LogP contribution is 2.27. The Morgan fingerprint density at radius 2 is 1.67 bits per heavy atom. The van der Waals surface area contributed by atoms with E-state index in [1.807, 2.05) is 0 Å². The minimum absolute atomic E-state index is 0.219. The molecule has 2 amide bonds. The molecule has 7 nitrogen and oxygen atoms in total. The number of amides is 2. The van der Waals surface area contributed by atoms with Gasteiger partial charge >= 0.3 is 11.8 Å². The SMILES string of the molecule is COCCNC(=O)C(=O)NCc1ccc(OC)c(OC)c1. The predicted molar refractivity (Wildman–Crippen MR) is 76.3 cm³/mol. The molecule has 7 heteroatoms. The van der Waals surface area contributed by atoms with Gasteiger partial charge in [0.2, 0.25) is 0 Å². The van der Waals surface area contributed by atoms with Crippen LogP contribution >= 0.6 is 0 Å². The second-order valence-electron chi connectivity index (χ2n) is 4.12. The Balaban J connectivity index is 2.51. The highest BCUT2D eigenvalue weighted by atomic mass is 16.5. The third kappa shape index (κ3) is 5.31. The van der Waals surface area contributed by atoms with Crippen LogP contribution in [-0.4, -0.2) is 46.3 Å². The topological polar surface area (TPSA) is 85.9 Å². The molecular formula is C14H20N2O5. The van der Waals surface area contributed by atoms with Gasteiger partial charge in [-0.3, -0.25) is 9.59 Å². The number of methoxy groups -OCH3 is 3. The van der Waals surface area contributed by atoms with Crippen molar-refractivity contribution in [2.75, 3.05) is 34.5 Å². The van der Waals surface area contributed by atoms with E-state index < -0.39 is 11.8 Å². The molecule has 0 saturated heterocycles. The summed E-state index contributed by atoms with van der Waals surface area (Å²) in [7, 11) is 4.59. The first-order valence-electron chi connectivity index (χ1n) is 6.38. The third-order valence-corrected chi connectivity index (χ3v) is 2.70. The van der Waals surface area contributed by atoms with Gasteiger partial charge in [0.15, 0.2) is 11.5 Å². The van der Waals surface area contributed by atoms with E-state index in [4.69, 9.17) is 14.2 Å². The van der Waals surface area contributed by atoms with E-state index in [1.165, 1.54) is 14.2 Å². The van der Waals surface area contributed by atoms with E-state index >= 15 is 0 Å². The average Bonchev–Trinajstić information content (AvgIpc) is 2.52. The van der Waals surface area contributed by atoms with Crippen molar-refractivity contribution in [3.63, 3.8) is 0 Å². The van der Waals surface area contributed by atoms with Crippen LogP contribution in [0.4, 0.5) is 0 Å². The number of hydrogen-bond donors (Lipinski definition) is 2. The summed E-state index contributed by atoms with van der Waals surface area (Å²) in [6.45, 7) is 0.866. The van der Waals surface area contributed by atoms with Gasteiger partial charge in [-0.05, 0) is 17.7 Å². The molecule has 0 atom stereocenters. The molecule has 0 fully saturated rings. The van der Waals surface area contributed by atoms with Crippen molar-refractivity contribution in [3.05, 3.63) is 23.8 Å². The fourth-order valence-electron chi connectivity index (χ4n) is 1.60. The Morgan fingerprint density at radius 1 is 1.00 bits per heavy atom. The molecular weight excluding hydrogens is 276 g/mol. The predicted octanol–water partition coefficient (Wildman–Crippen LogP) is 0.0826. The number of carbonyl (C=O) groups is 2. The van der Waals surface area contributed by atoms with Gasteiger partial charge < -0.3 is 24.8 Å². The summed E-state index contributed by atoms with van der Waals surface area (Å²) in [6, 6.07) is 5.26. The molecule has 0 aliphatic rings. The lowest BCUT2D eigenvalue weighted by Crippen LogP contribution is -2.40. The zero-order valence-electron chi connectivity index (χ0n) is 12.4. The lowest BCUT2D eigenvalue weighted by molar-refractivity contribution is -0.139. The summed E-state index contributed by atoms with van der Waals surface area (Å²) in [5.41, 5.74) is 0.797. The highest BCUT2D eigenvalue weighted by Gasteiger charge is 2.12. The maximum absolute atomic E-state index is 11.6.